The quantitative estimate of drug-likeness (QED) is 0.633. The van der Waals surface area contributed by atoms with Gasteiger partial charge in [-0.05, 0) is 12.0 Å². The molecule has 7 nitrogen and oxygen atoms in total. The molecule has 7 heteroatoms. The normalized spacial score (nSPS) is 21.6. The number of aromatic amines is 1. The van der Waals surface area contributed by atoms with Gasteiger partial charge in [-0.3, -0.25) is 9.89 Å². The maximum Gasteiger partial charge on any atom is 0.194 e. The highest BCUT2D eigenvalue weighted by atomic mass is 16.5. The Hall–Kier alpha value is -2.38. The zero-order valence-electron chi connectivity index (χ0n) is 15.9. The minimum Gasteiger partial charge on any atom is -0.379 e. The number of likely N-dealkylation sites (tertiary alicyclic amines) is 1. The van der Waals surface area contributed by atoms with E-state index in [1.165, 1.54) is 6.42 Å². The number of rotatable bonds is 4. The van der Waals surface area contributed by atoms with Crippen LogP contribution in [0.2, 0.25) is 0 Å². The summed E-state index contributed by atoms with van der Waals surface area (Å²) in [5.74, 6) is 1.86. The second-order valence-electron chi connectivity index (χ2n) is 7.05. The number of nitrogens with one attached hydrogen (secondary N) is 2. The number of aromatic nitrogens is 2. The van der Waals surface area contributed by atoms with Crippen molar-refractivity contribution in [2.45, 2.75) is 19.0 Å². The van der Waals surface area contributed by atoms with E-state index in [1.54, 1.807) is 0 Å². The predicted molar refractivity (Wildman–Crippen MR) is 107 cm³/mol. The van der Waals surface area contributed by atoms with E-state index in [0.717, 1.165) is 62.4 Å². The van der Waals surface area contributed by atoms with Crippen LogP contribution in [0.5, 0.6) is 0 Å². The lowest BCUT2D eigenvalue weighted by Crippen LogP contribution is -2.46. The Kier molecular flexibility index (Phi) is 5.69. The number of nitrogens with zero attached hydrogens (tertiary/aromatic N) is 4. The highest BCUT2D eigenvalue weighted by Gasteiger charge is 2.30. The van der Waals surface area contributed by atoms with Crippen molar-refractivity contribution >= 4 is 5.96 Å². The van der Waals surface area contributed by atoms with Crippen molar-refractivity contribution in [3.63, 3.8) is 0 Å². The van der Waals surface area contributed by atoms with Crippen LogP contribution >= 0.6 is 0 Å². The number of benzene rings is 1. The summed E-state index contributed by atoms with van der Waals surface area (Å²) in [4.78, 5) is 17.3. The number of ether oxygens (including phenoxy) is 1. The number of imidazole rings is 1. The second kappa shape index (κ2) is 8.54. The summed E-state index contributed by atoms with van der Waals surface area (Å²) in [5, 5.41) is 3.45. The maximum atomic E-state index is 5.47. The Bertz CT molecular complexity index is 753. The molecule has 4 rings (SSSR count). The zero-order chi connectivity index (χ0) is 18.5. The molecule has 1 unspecified atom stereocenters. The Balaban J connectivity index is 1.31. The van der Waals surface area contributed by atoms with E-state index >= 15 is 0 Å². The molecular weight excluding hydrogens is 340 g/mol. The van der Waals surface area contributed by atoms with Gasteiger partial charge in [0.15, 0.2) is 5.96 Å². The van der Waals surface area contributed by atoms with Crippen molar-refractivity contribution in [2.24, 2.45) is 4.99 Å². The fourth-order valence-electron chi connectivity index (χ4n) is 3.89. The van der Waals surface area contributed by atoms with E-state index in [2.05, 4.69) is 42.2 Å². The molecule has 144 valence electrons. The SMILES string of the molecule is CN=C(NCc1ncc(-c2ccccc2)[nH]1)N1CCC(N2CCOCC2)C1. The van der Waals surface area contributed by atoms with E-state index in [4.69, 9.17) is 4.74 Å². The Labute approximate surface area is 160 Å². The molecule has 0 amide bonds. The summed E-state index contributed by atoms with van der Waals surface area (Å²) in [6, 6.07) is 10.9. The first-order valence-corrected chi connectivity index (χ1v) is 9.70. The number of aliphatic imine (C=N–C) groups is 1. The molecule has 3 heterocycles. The minimum absolute atomic E-state index is 0.598. The van der Waals surface area contributed by atoms with Crippen LogP contribution < -0.4 is 5.32 Å². The van der Waals surface area contributed by atoms with Crippen molar-refractivity contribution in [2.75, 3.05) is 46.4 Å². The van der Waals surface area contributed by atoms with Gasteiger partial charge in [0.1, 0.15) is 5.82 Å². The maximum absolute atomic E-state index is 5.47. The molecule has 27 heavy (non-hydrogen) atoms. The first-order valence-electron chi connectivity index (χ1n) is 9.70. The van der Waals surface area contributed by atoms with Gasteiger partial charge in [-0.1, -0.05) is 30.3 Å². The molecule has 0 saturated carbocycles. The Morgan fingerprint density at radius 1 is 1.26 bits per heavy atom. The van der Waals surface area contributed by atoms with Crippen molar-refractivity contribution in [3.8, 4) is 11.3 Å². The Morgan fingerprint density at radius 2 is 2.07 bits per heavy atom. The predicted octanol–water partition coefficient (Wildman–Crippen LogP) is 1.56. The van der Waals surface area contributed by atoms with E-state index in [-0.39, 0.29) is 0 Å². The third kappa shape index (κ3) is 4.31. The molecule has 2 N–H and O–H groups in total. The molecule has 0 spiro atoms. The summed E-state index contributed by atoms with van der Waals surface area (Å²) < 4.78 is 5.47. The molecule has 1 atom stereocenters. The molecule has 0 radical (unpaired) electrons. The van der Waals surface area contributed by atoms with Crippen LogP contribution in [-0.4, -0.2) is 78.2 Å². The summed E-state index contributed by atoms with van der Waals surface area (Å²) in [7, 11) is 1.85. The van der Waals surface area contributed by atoms with Crippen LogP contribution in [0.1, 0.15) is 12.2 Å². The monoisotopic (exact) mass is 368 g/mol. The molecule has 2 aliphatic rings. The van der Waals surface area contributed by atoms with Gasteiger partial charge in [-0.2, -0.15) is 0 Å². The van der Waals surface area contributed by atoms with E-state index < -0.39 is 0 Å². The molecule has 1 aromatic carbocycles. The van der Waals surface area contributed by atoms with Gasteiger partial charge in [0, 0.05) is 39.3 Å². The van der Waals surface area contributed by atoms with E-state index in [1.807, 2.05) is 31.4 Å². The van der Waals surface area contributed by atoms with Crippen LogP contribution in [-0.2, 0) is 11.3 Å². The molecular formula is C20H28N6O. The molecule has 0 bridgehead atoms. The van der Waals surface area contributed by atoms with E-state index in [0.29, 0.717) is 12.6 Å². The highest BCUT2D eigenvalue weighted by molar-refractivity contribution is 5.80. The van der Waals surface area contributed by atoms with Gasteiger partial charge >= 0.3 is 0 Å². The topological polar surface area (TPSA) is 68.8 Å². The standard InChI is InChI=1S/C20H28N6O/c1-21-20(26-8-7-17(15-26)25-9-11-27-12-10-25)23-14-19-22-13-18(24-19)16-5-3-2-4-6-16/h2-6,13,17H,7-12,14-15H2,1H3,(H,21,23)(H,22,24). The van der Waals surface area contributed by atoms with Crippen LogP contribution in [0.4, 0.5) is 0 Å². The minimum atomic E-state index is 0.598. The van der Waals surface area contributed by atoms with Gasteiger partial charge in [0.05, 0.1) is 31.6 Å². The molecule has 2 aliphatic heterocycles. The lowest BCUT2D eigenvalue weighted by atomic mass is 10.2. The molecule has 2 aromatic rings. The lowest BCUT2D eigenvalue weighted by molar-refractivity contribution is 0.0195. The van der Waals surface area contributed by atoms with Gasteiger partial charge in [0.25, 0.3) is 0 Å². The molecule has 2 saturated heterocycles. The highest BCUT2D eigenvalue weighted by Crippen LogP contribution is 2.18. The van der Waals surface area contributed by atoms with Gasteiger partial charge in [-0.25, -0.2) is 4.98 Å². The van der Waals surface area contributed by atoms with Crippen molar-refractivity contribution in [1.29, 1.82) is 0 Å². The third-order valence-corrected chi connectivity index (χ3v) is 5.36. The first kappa shape index (κ1) is 18.0. The Morgan fingerprint density at radius 3 is 2.85 bits per heavy atom. The summed E-state index contributed by atoms with van der Waals surface area (Å²) in [5.41, 5.74) is 2.18. The van der Waals surface area contributed by atoms with Crippen LogP contribution in [0.15, 0.2) is 41.5 Å². The smallest absolute Gasteiger partial charge is 0.194 e. The summed E-state index contributed by atoms with van der Waals surface area (Å²) >= 11 is 0. The number of guanidine groups is 1. The lowest BCUT2D eigenvalue weighted by Gasteiger charge is -2.32. The molecule has 0 aliphatic carbocycles. The molecule has 1 aromatic heterocycles. The first-order chi connectivity index (χ1) is 13.3. The fraction of sp³-hybridized carbons (Fsp3) is 0.500. The van der Waals surface area contributed by atoms with Crippen molar-refractivity contribution in [3.05, 3.63) is 42.4 Å². The van der Waals surface area contributed by atoms with Crippen LogP contribution in [0.3, 0.4) is 0 Å². The summed E-state index contributed by atoms with van der Waals surface area (Å²) in [6.07, 6.45) is 3.07. The fourth-order valence-corrected chi connectivity index (χ4v) is 3.89. The van der Waals surface area contributed by atoms with Gasteiger partial charge in [0.2, 0.25) is 0 Å². The number of morpholine rings is 1. The van der Waals surface area contributed by atoms with Gasteiger partial charge < -0.3 is 19.9 Å². The second-order valence-corrected chi connectivity index (χ2v) is 7.05. The van der Waals surface area contributed by atoms with Crippen molar-refractivity contribution < 1.29 is 4.74 Å². The average Bonchev–Trinajstić information content (AvgIpc) is 3.40. The third-order valence-electron chi connectivity index (χ3n) is 5.36. The molecule has 2 fully saturated rings. The number of hydrogen-bond acceptors (Lipinski definition) is 4. The largest absolute Gasteiger partial charge is 0.379 e. The zero-order valence-corrected chi connectivity index (χ0v) is 15.9. The van der Waals surface area contributed by atoms with Crippen LogP contribution in [0.25, 0.3) is 11.3 Å². The number of H-pyrrole nitrogens is 1. The van der Waals surface area contributed by atoms with Crippen LogP contribution in [0, 0.1) is 0 Å². The summed E-state index contributed by atoms with van der Waals surface area (Å²) in [6.45, 7) is 6.48. The van der Waals surface area contributed by atoms with Gasteiger partial charge in [-0.15, -0.1) is 0 Å². The van der Waals surface area contributed by atoms with E-state index in [9.17, 15) is 0 Å². The van der Waals surface area contributed by atoms with Crippen molar-refractivity contribution in [1.82, 2.24) is 25.1 Å². The average molecular weight is 368 g/mol. The number of hydrogen-bond donors (Lipinski definition) is 2.